The van der Waals surface area contributed by atoms with Crippen molar-refractivity contribution < 1.29 is 13.2 Å². The number of nitrogens with one attached hydrogen (secondary N) is 1. The molecule has 0 radical (unpaired) electrons. The third-order valence-electron chi connectivity index (χ3n) is 2.87. The van der Waals surface area contributed by atoms with Crippen LogP contribution in [0.25, 0.3) is 0 Å². The van der Waals surface area contributed by atoms with Gasteiger partial charge in [0.25, 0.3) is 0 Å². The fourth-order valence-corrected chi connectivity index (χ4v) is 1.88. The molecule has 1 N–H and O–H groups in total. The minimum absolute atomic E-state index is 0.520. The van der Waals surface area contributed by atoms with Gasteiger partial charge in [0, 0.05) is 25.5 Å². The van der Waals surface area contributed by atoms with Crippen molar-refractivity contribution in [3.05, 3.63) is 65.0 Å². The molecular weight excluding hydrogens is 265 g/mol. The van der Waals surface area contributed by atoms with Crippen LogP contribution in [-0.4, -0.2) is 4.98 Å². The van der Waals surface area contributed by atoms with E-state index >= 15 is 0 Å². The molecule has 1 aromatic carbocycles. The molecule has 1 heterocycles. The Kier molecular flexibility index (Phi) is 4.39. The van der Waals surface area contributed by atoms with E-state index in [1.54, 1.807) is 12.4 Å². The zero-order valence-electron chi connectivity index (χ0n) is 11.0. The Morgan fingerprint density at radius 2 is 1.65 bits per heavy atom. The summed E-state index contributed by atoms with van der Waals surface area (Å²) in [4.78, 5) is 4.08. The van der Waals surface area contributed by atoms with Crippen molar-refractivity contribution in [2.75, 3.05) is 0 Å². The minimum Gasteiger partial charge on any atom is -0.309 e. The number of aromatic nitrogens is 1. The van der Waals surface area contributed by atoms with Crippen molar-refractivity contribution in [1.29, 1.82) is 0 Å². The minimum atomic E-state index is -4.28. The summed E-state index contributed by atoms with van der Waals surface area (Å²) in [7, 11) is 0. The molecule has 0 atom stereocenters. The van der Waals surface area contributed by atoms with Crippen LogP contribution in [0.4, 0.5) is 13.2 Å². The lowest BCUT2D eigenvalue weighted by molar-refractivity contribution is -0.137. The maximum absolute atomic E-state index is 12.4. The molecule has 20 heavy (non-hydrogen) atoms. The molecule has 0 aliphatic heterocycles. The van der Waals surface area contributed by atoms with E-state index < -0.39 is 11.7 Å². The average molecular weight is 280 g/mol. The van der Waals surface area contributed by atoms with Crippen molar-refractivity contribution in [3.63, 3.8) is 0 Å². The number of hydrogen-bond donors (Lipinski definition) is 1. The first-order valence-electron chi connectivity index (χ1n) is 6.22. The molecule has 2 aromatic rings. The lowest BCUT2D eigenvalue weighted by Crippen LogP contribution is -2.13. The number of rotatable bonds is 4. The van der Waals surface area contributed by atoms with Gasteiger partial charge in [-0.1, -0.05) is 18.2 Å². The zero-order chi connectivity index (χ0) is 14.6. The van der Waals surface area contributed by atoms with Crippen LogP contribution in [0.2, 0.25) is 0 Å². The second-order valence-corrected chi connectivity index (χ2v) is 4.67. The summed E-state index contributed by atoms with van der Waals surface area (Å²) >= 11 is 0. The van der Waals surface area contributed by atoms with Gasteiger partial charge in [0.1, 0.15) is 0 Å². The Hall–Kier alpha value is -1.88. The summed E-state index contributed by atoms with van der Waals surface area (Å²) < 4.78 is 37.2. The van der Waals surface area contributed by atoms with Gasteiger partial charge in [0.15, 0.2) is 0 Å². The van der Waals surface area contributed by atoms with Gasteiger partial charge < -0.3 is 5.32 Å². The molecule has 0 bridgehead atoms. The molecule has 0 saturated carbocycles. The first-order chi connectivity index (χ1) is 9.45. The van der Waals surface area contributed by atoms with E-state index in [4.69, 9.17) is 0 Å². The molecule has 0 aliphatic carbocycles. The molecule has 106 valence electrons. The van der Waals surface area contributed by atoms with Gasteiger partial charge in [0.05, 0.1) is 5.56 Å². The highest BCUT2D eigenvalue weighted by Crippen LogP contribution is 2.29. The first-order valence-corrected chi connectivity index (χ1v) is 6.22. The van der Waals surface area contributed by atoms with Crippen LogP contribution in [0, 0.1) is 6.92 Å². The van der Waals surface area contributed by atoms with E-state index in [1.807, 2.05) is 13.0 Å². The molecule has 0 saturated heterocycles. The van der Waals surface area contributed by atoms with E-state index in [2.05, 4.69) is 10.3 Å². The standard InChI is InChI=1S/C15H15F3N2/c1-11-6-13(9-19-7-11)10-20-8-12-2-4-14(5-3-12)15(16,17)18/h2-7,9,20H,8,10H2,1H3. The zero-order valence-corrected chi connectivity index (χ0v) is 11.0. The molecule has 5 heteroatoms. The van der Waals surface area contributed by atoms with Crippen molar-refractivity contribution in [2.45, 2.75) is 26.2 Å². The highest BCUT2D eigenvalue weighted by Gasteiger charge is 2.29. The molecule has 0 aliphatic rings. The van der Waals surface area contributed by atoms with Crippen molar-refractivity contribution in [2.24, 2.45) is 0 Å². The van der Waals surface area contributed by atoms with Crippen LogP contribution in [0.1, 0.15) is 22.3 Å². The summed E-state index contributed by atoms with van der Waals surface area (Å²) in [5.74, 6) is 0. The quantitative estimate of drug-likeness (QED) is 0.923. The highest BCUT2D eigenvalue weighted by atomic mass is 19.4. The van der Waals surface area contributed by atoms with Crippen LogP contribution in [0.3, 0.4) is 0 Å². The predicted molar refractivity (Wildman–Crippen MR) is 71.0 cm³/mol. The van der Waals surface area contributed by atoms with E-state index in [-0.39, 0.29) is 0 Å². The van der Waals surface area contributed by atoms with Crippen molar-refractivity contribution >= 4 is 0 Å². The lowest BCUT2D eigenvalue weighted by Gasteiger charge is -2.08. The van der Waals surface area contributed by atoms with E-state index in [1.165, 1.54) is 12.1 Å². The molecule has 0 unspecified atom stereocenters. The topological polar surface area (TPSA) is 24.9 Å². The Morgan fingerprint density at radius 1 is 1.00 bits per heavy atom. The summed E-state index contributed by atoms with van der Waals surface area (Å²) in [5.41, 5.74) is 2.33. The fourth-order valence-electron chi connectivity index (χ4n) is 1.88. The van der Waals surface area contributed by atoms with Crippen LogP contribution < -0.4 is 5.32 Å². The smallest absolute Gasteiger partial charge is 0.309 e. The van der Waals surface area contributed by atoms with Gasteiger partial charge in [-0.05, 0) is 35.7 Å². The van der Waals surface area contributed by atoms with Crippen LogP contribution in [0.5, 0.6) is 0 Å². The number of alkyl halides is 3. The first kappa shape index (κ1) is 14.5. The normalized spacial score (nSPS) is 11.6. The number of benzene rings is 1. The largest absolute Gasteiger partial charge is 0.416 e. The number of halogens is 3. The van der Waals surface area contributed by atoms with E-state index in [9.17, 15) is 13.2 Å². The van der Waals surface area contributed by atoms with Gasteiger partial charge >= 0.3 is 6.18 Å². The lowest BCUT2D eigenvalue weighted by atomic mass is 10.1. The summed E-state index contributed by atoms with van der Waals surface area (Å²) in [6.45, 7) is 3.12. The molecule has 0 fully saturated rings. The van der Waals surface area contributed by atoms with Crippen LogP contribution in [-0.2, 0) is 19.3 Å². The SMILES string of the molecule is Cc1cncc(CNCc2ccc(C(F)(F)F)cc2)c1. The monoisotopic (exact) mass is 280 g/mol. The van der Waals surface area contributed by atoms with E-state index in [0.29, 0.717) is 13.1 Å². The molecule has 2 rings (SSSR count). The van der Waals surface area contributed by atoms with Gasteiger partial charge in [-0.25, -0.2) is 0 Å². The molecule has 0 spiro atoms. The summed E-state index contributed by atoms with van der Waals surface area (Å²) in [6, 6.07) is 7.21. The van der Waals surface area contributed by atoms with Crippen molar-refractivity contribution in [1.82, 2.24) is 10.3 Å². The Balaban J connectivity index is 1.88. The molecule has 2 nitrogen and oxygen atoms in total. The second-order valence-electron chi connectivity index (χ2n) is 4.67. The average Bonchev–Trinajstić information content (AvgIpc) is 2.38. The Labute approximate surface area is 115 Å². The Bertz CT molecular complexity index is 562. The third kappa shape index (κ3) is 4.06. The Morgan fingerprint density at radius 3 is 2.25 bits per heavy atom. The van der Waals surface area contributed by atoms with E-state index in [0.717, 1.165) is 28.8 Å². The summed E-state index contributed by atoms with van der Waals surface area (Å²) in [5, 5.41) is 3.18. The fraction of sp³-hybridized carbons (Fsp3) is 0.267. The van der Waals surface area contributed by atoms with Gasteiger partial charge in [-0.2, -0.15) is 13.2 Å². The van der Waals surface area contributed by atoms with Gasteiger partial charge in [-0.3, -0.25) is 4.98 Å². The van der Waals surface area contributed by atoms with Crippen LogP contribution >= 0.6 is 0 Å². The molecular formula is C15H15F3N2. The molecule has 0 amide bonds. The maximum atomic E-state index is 12.4. The van der Waals surface area contributed by atoms with Crippen LogP contribution in [0.15, 0.2) is 42.7 Å². The number of pyridine rings is 1. The predicted octanol–water partition coefficient (Wildman–Crippen LogP) is 3.70. The number of aryl methyl sites for hydroxylation is 1. The maximum Gasteiger partial charge on any atom is 0.416 e. The van der Waals surface area contributed by atoms with Crippen molar-refractivity contribution in [3.8, 4) is 0 Å². The third-order valence-corrected chi connectivity index (χ3v) is 2.87. The van der Waals surface area contributed by atoms with Gasteiger partial charge in [-0.15, -0.1) is 0 Å². The number of nitrogens with zero attached hydrogens (tertiary/aromatic N) is 1. The van der Waals surface area contributed by atoms with Gasteiger partial charge in [0.2, 0.25) is 0 Å². The summed E-state index contributed by atoms with van der Waals surface area (Å²) in [6.07, 6.45) is -0.731. The number of hydrogen-bond acceptors (Lipinski definition) is 2. The molecule has 1 aromatic heterocycles. The highest BCUT2D eigenvalue weighted by molar-refractivity contribution is 5.24. The second kappa shape index (κ2) is 6.05.